The van der Waals surface area contributed by atoms with Crippen molar-refractivity contribution in [2.24, 2.45) is 0 Å². The highest BCUT2D eigenvalue weighted by atomic mass is 15.0. The lowest BCUT2D eigenvalue weighted by molar-refractivity contribution is 0.347. The Hall–Kier alpha value is -0.0800. The van der Waals surface area contributed by atoms with E-state index in [1.165, 1.54) is 19.3 Å². The van der Waals surface area contributed by atoms with Crippen LogP contribution in [0, 0.1) is 0 Å². The van der Waals surface area contributed by atoms with E-state index >= 15 is 0 Å². The Morgan fingerprint density at radius 2 is 1.07 bits per heavy atom. The zero-order valence-electron chi connectivity index (χ0n) is 11.5. The van der Waals surface area contributed by atoms with E-state index in [9.17, 15) is 0 Å². The zero-order chi connectivity index (χ0) is 11.9. The average Bonchev–Trinajstić information content (AvgIpc) is 2.17. The molecule has 0 fully saturated rings. The molecule has 2 N–H and O–H groups in total. The second-order valence-electron chi connectivity index (χ2n) is 5.68. The van der Waals surface area contributed by atoms with Crippen molar-refractivity contribution in [1.82, 2.24) is 10.6 Å². The molecule has 0 aromatic rings. The lowest BCUT2D eigenvalue weighted by atomic mass is 10.0. The van der Waals surface area contributed by atoms with Crippen molar-refractivity contribution in [2.75, 3.05) is 13.1 Å². The van der Waals surface area contributed by atoms with Crippen LogP contribution < -0.4 is 10.6 Å². The van der Waals surface area contributed by atoms with Gasteiger partial charge in [0.05, 0.1) is 0 Å². The summed E-state index contributed by atoms with van der Waals surface area (Å²) in [6.45, 7) is 15.7. The molecule has 0 aliphatic heterocycles. The van der Waals surface area contributed by atoms with Gasteiger partial charge in [-0.15, -0.1) is 0 Å². The van der Waals surface area contributed by atoms with Crippen molar-refractivity contribution in [1.29, 1.82) is 0 Å². The summed E-state index contributed by atoms with van der Waals surface area (Å²) in [7, 11) is 0. The minimum absolute atomic E-state index is 0.292. The van der Waals surface area contributed by atoms with E-state index in [0.717, 1.165) is 13.1 Å². The van der Waals surface area contributed by atoms with E-state index in [-0.39, 0.29) is 0 Å². The molecule has 92 valence electrons. The van der Waals surface area contributed by atoms with Gasteiger partial charge in [-0.1, -0.05) is 13.8 Å². The lowest BCUT2D eigenvalue weighted by Gasteiger charge is -2.27. The monoisotopic (exact) mass is 214 g/mol. The molecule has 2 heteroatoms. The van der Waals surface area contributed by atoms with Crippen molar-refractivity contribution in [3.05, 3.63) is 0 Å². The van der Waals surface area contributed by atoms with Crippen LogP contribution >= 0.6 is 0 Å². The Kier molecular flexibility index (Phi) is 6.46. The molecule has 0 atom stereocenters. The molecule has 15 heavy (non-hydrogen) atoms. The Labute approximate surface area is 96.2 Å². The SMILES string of the molecule is CCC(C)(C)NCCCNC(C)(C)CC. The highest BCUT2D eigenvalue weighted by Crippen LogP contribution is 2.07. The first-order chi connectivity index (χ1) is 6.83. The van der Waals surface area contributed by atoms with Crippen molar-refractivity contribution in [3.63, 3.8) is 0 Å². The topological polar surface area (TPSA) is 24.1 Å². The summed E-state index contributed by atoms with van der Waals surface area (Å²) in [6, 6.07) is 0. The van der Waals surface area contributed by atoms with E-state index in [2.05, 4.69) is 52.2 Å². The van der Waals surface area contributed by atoms with Gasteiger partial charge in [0.1, 0.15) is 0 Å². The van der Waals surface area contributed by atoms with E-state index in [0.29, 0.717) is 11.1 Å². The van der Waals surface area contributed by atoms with Crippen LogP contribution in [0.25, 0.3) is 0 Å². The first kappa shape index (κ1) is 14.9. The standard InChI is InChI=1S/C13H30N2/c1-7-12(3,4)14-10-9-11-15-13(5,6)8-2/h14-15H,7-11H2,1-6H3. The van der Waals surface area contributed by atoms with Gasteiger partial charge in [0.2, 0.25) is 0 Å². The summed E-state index contributed by atoms with van der Waals surface area (Å²) in [4.78, 5) is 0. The molecule has 0 rings (SSSR count). The lowest BCUT2D eigenvalue weighted by Crippen LogP contribution is -2.42. The third kappa shape index (κ3) is 7.80. The van der Waals surface area contributed by atoms with E-state index < -0.39 is 0 Å². The maximum Gasteiger partial charge on any atom is 0.0122 e. The molecule has 0 saturated heterocycles. The average molecular weight is 214 g/mol. The molecule has 0 aliphatic carbocycles. The van der Waals surface area contributed by atoms with Gasteiger partial charge >= 0.3 is 0 Å². The van der Waals surface area contributed by atoms with Gasteiger partial charge in [-0.2, -0.15) is 0 Å². The Bertz CT molecular complexity index is 144. The van der Waals surface area contributed by atoms with E-state index in [4.69, 9.17) is 0 Å². The van der Waals surface area contributed by atoms with Crippen molar-refractivity contribution < 1.29 is 0 Å². The molecule has 0 aromatic heterocycles. The Morgan fingerprint density at radius 1 is 0.733 bits per heavy atom. The third-order valence-corrected chi connectivity index (χ3v) is 3.33. The molecule has 0 radical (unpaired) electrons. The second-order valence-corrected chi connectivity index (χ2v) is 5.68. The molecular formula is C13H30N2. The van der Waals surface area contributed by atoms with Gasteiger partial charge in [0.25, 0.3) is 0 Å². The van der Waals surface area contributed by atoms with E-state index in [1.807, 2.05) is 0 Å². The fourth-order valence-electron chi connectivity index (χ4n) is 1.19. The first-order valence-corrected chi connectivity index (χ1v) is 6.33. The first-order valence-electron chi connectivity index (χ1n) is 6.33. The smallest absolute Gasteiger partial charge is 0.0122 e. The van der Waals surface area contributed by atoms with Gasteiger partial charge in [0, 0.05) is 11.1 Å². The van der Waals surface area contributed by atoms with Crippen molar-refractivity contribution >= 4 is 0 Å². The van der Waals surface area contributed by atoms with Crippen LogP contribution in [0.1, 0.15) is 60.8 Å². The third-order valence-electron chi connectivity index (χ3n) is 3.33. The largest absolute Gasteiger partial charge is 0.312 e. The molecule has 0 unspecified atom stereocenters. The Balaban J connectivity index is 3.48. The van der Waals surface area contributed by atoms with Crippen LogP contribution in [0.3, 0.4) is 0 Å². The highest BCUT2D eigenvalue weighted by Gasteiger charge is 2.14. The van der Waals surface area contributed by atoms with Crippen LogP contribution in [0.4, 0.5) is 0 Å². The maximum atomic E-state index is 3.57. The summed E-state index contributed by atoms with van der Waals surface area (Å²) in [6.07, 6.45) is 3.56. The van der Waals surface area contributed by atoms with Crippen LogP contribution in [0.2, 0.25) is 0 Å². The quantitative estimate of drug-likeness (QED) is 0.607. The van der Waals surface area contributed by atoms with Crippen molar-refractivity contribution in [2.45, 2.75) is 71.9 Å². The molecule has 0 aliphatic rings. The number of rotatable bonds is 8. The van der Waals surface area contributed by atoms with Crippen LogP contribution in [0.5, 0.6) is 0 Å². The summed E-state index contributed by atoms with van der Waals surface area (Å²) in [5, 5.41) is 7.15. The van der Waals surface area contributed by atoms with Crippen LogP contribution in [-0.2, 0) is 0 Å². The fourth-order valence-corrected chi connectivity index (χ4v) is 1.19. The predicted molar refractivity (Wildman–Crippen MR) is 69.4 cm³/mol. The van der Waals surface area contributed by atoms with Gasteiger partial charge in [-0.25, -0.2) is 0 Å². The molecule has 2 nitrogen and oxygen atoms in total. The number of nitrogens with one attached hydrogen (secondary N) is 2. The molecule has 0 saturated carbocycles. The van der Waals surface area contributed by atoms with Crippen LogP contribution in [-0.4, -0.2) is 24.2 Å². The second kappa shape index (κ2) is 6.49. The zero-order valence-corrected chi connectivity index (χ0v) is 11.5. The molecule has 0 bridgehead atoms. The van der Waals surface area contributed by atoms with Gasteiger partial charge in [-0.3, -0.25) is 0 Å². The van der Waals surface area contributed by atoms with Gasteiger partial charge in [-0.05, 0) is 60.0 Å². The maximum absolute atomic E-state index is 3.57. The van der Waals surface area contributed by atoms with Crippen molar-refractivity contribution in [3.8, 4) is 0 Å². The molecule has 0 amide bonds. The van der Waals surface area contributed by atoms with Crippen LogP contribution in [0.15, 0.2) is 0 Å². The number of hydrogen-bond acceptors (Lipinski definition) is 2. The minimum atomic E-state index is 0.292. The van der Waals surface area contributed by atoms with Gasteiger partial charge in [0.15, 0.2) is 0 Å². The molecule has 0 heterocycles. The minimum Gasteiger partial charge on any atom is -0.312 e. The summed E-state index contributed by atoms with van der Waals surface area (Å²) >= 11 is 0. The van der Waals surface area contributed by atoms with E-state index in [1.54, 1.807) is 0 Å². The number of hydrogen-bond donors (Lipinski definition) is 2. The predicted octanol–water partition coefficient (Wildman–Crippen LogP) is 2.93. The Morgan fingerprint density at radius 3 is 1.33 bits per heavy atom. The van der Waals surface area contributed by atoms with Gasteiger partial charge < -0.3 is 10.6 Å². The molecule has 0 spiro atoms. The summed E-state index contributed by atoms with van der Waals surface area (Å²) in [5.74, 6) is 0. The normalized spacial score (nSPS) is 13.2. The summed E-state index contributed by atoms with van der Waals surface area (Å²) in [5.41, 5.74) is 0.584. The molecular weight excluding hydrogens is 184 g/mol. The highest BCUT2D eigenvalue weighted by molar-refractivity contribution is 4.77. The summed E-state index contributed by atoms with van der Waals surface area (Å²) < 4.78 is 0. The molecule has 0 aromatic carbocycles. The fraction of sp³-hybridized carbons (Fsp3) is 1.00.